The number of aryl methyl sites for hydroxylation is 2. The van der Waals surface area contributed by atoms with Crippen molar-refractivity contribution in [2.75, 3.05) is 7.11 Å². The van der Waals surface area contributed by atoms with Gasteiger partial charge in [0.2, 0.25) is 0 Å². The van der Waals surface area contributed by atoms with E-state index in [1.54, 1.807) is 18.4 Å². The zero-order chi connectivity index (χ0) is 15.3. The maximum Gasteiger partial charge on any atom is 0.129 e. The van der Waals surface area contributed by atoms with Crippen LogP contribution in [0.5, 0.6) is 5.75 Å². The number of aromatic nitrogens is 2. The molecule has 0 unspecified atom stereocenters. The standard InChI is InChI=1S/C18H16N2OS/c1-11-18-12(6-7-19-11)13-9-14(17-5-4-8-22-17)16(21-3)10-15(13)20(18)2/h4-10H,1-3H3. The lowest BCUT2D eigenvalue weighted by molar-refractivity contribution is 0.417. The van der Waals surface area contributed by atoms with E-state index >= 15 is 0 Å². The predicted molar refractivity (Wildman–Crippen MR) is 92.8 cm³/mol. The minimum Gasteiger partial charge on any atom is -0.496 e. The zero-order valence-corrected chi connectivity index (χ0v) is 13.6. The first-order valence-electron chi connectivity index (χ1n) is 7.16. The quantitative estimate of drug-likeness (QED) is 0.533. The second-order valence-electron chi connectivity index (χ2n) is 5.40. The van der Waals surface area contributed by atoms with Crippen molar-refractivity contribution < 1.29 is 4.74 Å². The Hall–Kier alpha value is -2.33. The van der Waals surface area contributed by atoms with Gasteiger partial charge in [0.25, 0.3) is 0 Å². The van der Waals surface area contributed by atoms with Crippen LogP contribution in [0.15, 0.2) is 41.9 Å². The third-order valence-electron chi connectivity index (χ3n) is 4.20. The van der Waals surface area contributed by atoms with Gasteiger partial charge in [-0.1, -0.05) is 6.07 Å². The van der Waals surface area contributed by atoms with Crippen molar-refractivity contribution in [3.05, 3.63) is 47.6 Å². The van der Waals surface area contributed by atoms with E-state index in [0.29, 0.717) is 0 Å². The number of nitrogens with zero attached hydrogens (tertiary/aromatic N) is 2. The predicted octanol–water partition coefficient (Wildman–Crippen LogP) is 4.77. The Morgan fingerprint density at radius 3 is 2.77 bits per heavy atom. The molecule has 0 radical (unpaired) electrons. The maximum atomic E-state index is 5.64. The molecule has 0 saturated heterocycles. The van der Waals surface area contributed by atoms with Crippen molar-refractivity contribution >= 4 is 33.1 Å². The lowest BCUT2D eigenvalue weighted by atomic mass is 10.1. The second-order valence-corrected chi connectivity index (χ2v) is 6.35. The lowest BCUT2D eigenvalue weighted by Crippen LogP contribution is -1.92. The largest absolute Gasteiger partial charge is 0.496 e. The highest BCUT2D eigenvalue weighted by molar-refractivity contribution is 7.13. The van der Waals surface area contributed by atoms with Crippen LogP contribution in [0, 0.1) is 6.92 Å². The topological polar surface area (TPSA) is 27.1 Å². The van der Waals surface area contributed by atoms with E-state index in [0.717, 1.165) is 17.0 Å². The molecule has 0 N–H and O–H groups in total. The molecule has 0 amide bonds. The lowest BCUT2D eigenvalue weighted by Gasteiger charge is -2.08. The summed E-state index contributed by atoms with van der Waals surface area (Å²) < 4.78 is 7.84. The highest BCUT2D eigenvalue weighted by atomic mass is 32.1. The molecule has 4 heteroatoms. The molecular weight excluding hydrogens is 292 g/mol. The highest BCUT2D eigenvalue weighted by Gasteiger charge is 2.15. The summed E-state index contributed by atoms with van der Waals surface area (Å²) in [5, 5.41) is 4.58. The molecule has 0 aliphatic rings. The molecule has 0 aliphatic carbocycles. The number of thiophene rings is 1. The van der Waals surface area contributed by atoms with Gasteiger partial charge in [0.05, 0.1) is 23.8 Å². The summed E-state index contributed by atoms with van der Waals surface area (Å²) in [6, 6.07) is 10.7. The van der Waals surface area contributed by atoms with Gasteiger partial charge in [-0.15, -0.1) is 11.3 Å². The molecule has 3 heterocycles. The number of pyridine rings is 1. The average molecular weight is 308 g/mol. The van der Waals surface area contributed by atoms with Gasteiger partial charge < -0.3 is 9.30 Å². The van der Waals surface area contributed by atoms with Gasteiger partial charge in [-0.2, -0.15) is 0 Å². The number of ether oxygens (including phenoxy) is 1. The van der Waals surface area contributed by atoms with Crippen LogP contribution in [-0.4, -0.2) is 16.7 Å². The first kappa shape index (κ1) is 13.3. The van der Waals surface area contributed by atoms with Gasteiger partial charge in [0.15, 0.2) is 0 Å². The van der Waals surface area contributed by atoms with Crippen molar-refractivity contribution in [2.24, 2.45) is 7.05 Å². The first-order valence-corrected chi connectivity index (χ1v) is 8.04. The van der Waals surface area contributed by atoms with Gasteiger partial charge in [-0.3, -0.25) is 4.98 Å². The van der Waals surface area contributed by atoms with Crippen LogP contribution >= 0.6 is 11.3 Å². The molecular formula is C18H16N2OS. The van der Waals surface area contributed by atoms with Gasteiger partial charge in [0.1, 0.15) is 5.75 Å². The fraction of sp³-hybridized carbons (Fsp3) is 0.167. The van der Waals surface area contributed by atoms with Crippen molar-refractivity contribution in [1.29, 1.82) is 0 Å². The summed E-state index contributed by atoms with van der Waals surface area (Å²) in [4.78, 5) is 5.65. The van der Waals surface area contributed by atoms with Gasteiger partial charge in [-0.25, -0.2) is 0 Å². The fourth-order valence-corrected chi connectivity index (χ4v) is 3.92. The number of benzene rings is 1. The third-order valence-corrected chi connectivity index (χ3v) is 5.10. The Kier molecular flexibility index (Phi) is 2.94. The Bertz CT molecular complexity index is 984. The molecule has 4 aromatic rings. The van der Waals surface area contributed by atoms with E-state index in [2.05, 4.69) is 59.2 Å². The minimum absolute atomic E-state index is 0.909. The van der Waals surface area contributed by atoms with Crippen LogP contribution in [0.4, 0.5) is 0 Å². The van der Waals surface area contributed by atoms with Crippen LogP contribution < -0.4 is 4.74 Å². The molecule has 110 valence electrons. The molecule has 0 bridgehead atoms. The van der Waals surface area contributed by atoms with Crippen LogP contribution in [0.3, 0.4) is 0 Å². The van der Waals surface area contributed by atoms with Gasteiger partial charge in [0, 0.05) is 40.5 Å². The number of hydrogen-bond donors (Lipinski definition) is 0. The van der Waals surface area contributed by atoms with E-state index in [1.807, 2.05) is 6.20 Å². The maximum absolute atomic E-state index is 5.64. The number of fused-ring (bicyclic) bond motifs is 3. The molecule has 0 atom stereocenters. The smallest absolute Gasteiger partial charge is 0.129 e. The summed E-state index contributed by atoms with van der Waals surface area (Å²) in [7, 11) is 3.82. The minimum atomic E-state index is 0.909. The molecule has 3 aromatic heterocycles. The number of rotatable bonds is 2. The summed E-state index contributed by atoms with van der Waals surface area (Å²) in [5.41, 5.74) is 4.55. The van der Waals surface area contributed by atoms with E-state index in [-0.39, 0.29) is 0 Å². The fourth-order valence-electron chi connectivity index (χ4n) is 3.18. The van der Waals surface area contributed by atoms with Gasteiger partial charge >= 0.3 is 0 Å². The average Bonchev–Trinajstić information content (AvgIpc) is 3.15. The van der Waals surface area contributed by atoms with Crippen molar-refractivity contribution in [2.45, 2.75) is 6.92 Å². The molecule has 0 spiro atoms. The molecule has 22 heavy (non-hydrogen) atoms. The summed E-state index contributed by atoms with van der Waals surface area (Å²) in [6.07, 6.45) is 1.88. The normalized spacial score (nSPS) is 11.4. The summed E-state index contributed by atoms with van der Waals surface area (Å²) in [5.74, 6) is 0.909. The number of hydrogen-bond acceptors (Lipinski definition) is 3. The molecule has 0 saturated carbocycles. The molecule has 0 fully saturated rings. The third kappa shape index (κ3) is 1.77. The van der Waals surface area contributed by atoms with Crippen molar-refractivity contribution in [3.63, 3.8) is 0 Å². The van der Waals surface area contributed by atoms with Crippen molar-refractivity contribution in [1.82, 2.24) is 9.55 Å². The Morgan fingerprint density at radius 2 is 2.05 bits per heavy atom. The highest BCUT2D eigenvalue weighted by Crippen LogP contribution is 2.39. The van der Waals surface area contributed by atoms with E-state index in [4.69, 9.17) is 4.74 Å². The van der Waals surface area contributed by atoms with E-state index < -0.39 is 0 Å². The van der Waals surface area contributed by atoms with Crippen molar-refractivity contribution in [3.8, 4) is 16.2 Å². The van der Waals surface area contributed by atoms with Crippen LogP contribution in [0.1, 0.15) is 5.69 Å². The molecule has 0 aliphatic heterocycles. The SMILES string of the molecule is COc1cc2c(cc1-c1cccs1)c1ccnc(C)c1n2C. The van der Waals surface area contributed by atoms with E-state index in [9.17, 15) is 0 Å². The first-order chi connectivity index (χ1) is 10.7. The molecule has 3 nitrogen and oxygen atoms in total. The number of methoxy groups -OCH3 is 1. The van der Waals surface area contributed by atoms with E-state index in [1.165, 1.54) is 26.7 Å². The summed E-state index contributed by atoms with van der Waals surface area (Å²) >= 11 is 1.73. The Balaban J connectivity index is 2.16. The molecule has 1 aromatic carbocycles. The monoisotopic (exact) mass is 308 g/mol. The zero-order valence-electron chi connectivity index (χ0n) is 12.8. The van der Waals surface area contributed by atoms with Crippen LogP contribution in [-0.2, 0) is 7.05 Å². The second kappa shape index (κ2) is 4.85. The van der Waals surface area contributed by atoms with Crippen LogP contribution in [0.2, 0.25) is 0 Å². The van der Waals surface area contributed by atoms with Crippen LogP contribution in [0.25, 0.3) is 32.2 Å². The summed E-state index contributed by atoms with van der Waals surface area (Å²) in [6.45, 7) is 2.05. The Morgan fingerprint density at radius 1 is 1.18 bits per heavy atom. The molecule has 4 rings (SSSR count). The Labute approximate surface area is 132 Å². The van der Waals surface area contributed by atoms with Gasteiger partial charge in [-0.05, 0) is 30.5 Å².